The first-order chi connectivity index (χ1) is 6.13. The Morgan fingerprint density at radius 1 is 1.46 bits per heavy atom. The smallest absolute Gasteiger partial charge is 0.133 e. The molecule has 0 amide bonds. The second-order valence-electron chi connectivity index (χ2n) is 2.99. The molecule has 1 radical (unpaired) electrons. The van der Waals surface area contributed by atoms with E-state index in [4.69, 9.17) is 4.74 Å². The van der Waals surface area contributed by atoms with E-state index in [9.17, 15) is 0 Å². The van der Waals surface area contributed by atoms with E-state index in [1.807, 2.05) is 32.0 Å². The highest BCUT2D eigenvalue weighted by molar-refractivity contribution is 9.10. The molecule has 0 atom stereocenters. The van der Waals surface area contributed by atoms with Crippen LogP contribution in [0.1, 0.15) is 19.4 Å². The number of benzene rings is 1. The minimum absolute atomic E-state index is 0.190. The van der Waals surface area contributed by atoms with Gasteiger partial charge in [-0.2, -0.15) is 0 Å². The Kier molecular flexibility index (Phi) is 3.55. The largest absolute Gasteiger partial charge is 0.490 e. The Bertz CT molecular complexity index is 305. The predicted molar refractivity (Wildman–Crippen MR) is 57.9 cm³/mol. The van der Waals surface area contributed by atoms with Crippen LogP contribution in [0.3, 0.4) is 0 Å². The van der Waals surface area contributed by atoms with Gasteiger partial charge in [0.15, 0.2) is 0 Å². The van der Waals surface area contributed by atoms with E-state index in [2.05, 4.69) is 28.6 Å². The molecule has 1 nitrogen and oxygen atoms in total. The molecule has 1 aromatic rings. The third kappa shape index (κ3) is 2.88. The van der Waals surface area contributed by atoms with Gasteiger partial charge in [-0.25, -0.2) is 0 Å². The van der Waals surface area contributed by atoms with Crippen LogP contribution in [0.15, 0.2) is 29.3 Å². The molecule has 0 fully saturated rings. The molecule has 1 aromatic carbocycles. The molecule has 0 heterocycles. The Hall–Kier alpha value is -0.760. The van der Waals surface area contributed by atoms with E-state index in [-0.39, 0.29) is 6.10 Å². The third-order valence-corrected chi connectivity index (χ3v) is 2.12. The van der Waals surface area contributed by atoms with Crippen LogP contribution in [0, 0.1) is 6.08 Å². The Labute approximate surface area is 87.5 Å². The topological polar surface area (TPSA) is 9.23 Å². The molecule has 0 aliphatic rings. The van der Waals surface area contributed by atoms with Crippen molar-refractivity contribution >= 4 is 15.9 Å². The maximum absolute atomic E-state index is 5.55. The van der Waals surface area contributed by atoms with Crippen molar-refractivity contribution < 1.29 is 4.74 Å². The molecule has 0 aliphatic carbocycles. The van der Waals surface area contributed by atoms with Crippen molar-refractivity contribution in [3.8, 4) is 5.75 Å². The zero-order valence-corrected chi connectivity index (χ0v) is 9.39. The summed E-state index contributed by atoms with van der Waals surface area (Å²) in [7, 11) is 0. The van der Waals surface area contributed by atoms with Crippen LogP contribution in [0.25, 0.3) is 0 Å². The molecule has 0 saturated carbocycles. The summed E-state index contributed by atoms with van der Waals surface area (Å²) in [4.78, 5) is 0. The van der Waals surface area contributed by atoms with Crippen molar-refractivity contribution in [3.05, 3.63) is 40.9 Å². The fraction of sp³-hybridized carbons (Fsp3) is 0.273. The zero-order chi connectivity index (χ0) is 9.84. The third-order valence-electron chi connectivity index (χ3n) is 1.50. The molecule has 69 valence electrons. The number of ether oxygens (including phenoxy) is 1. The van der Waals surface area contributed by atoms with E-state index in [1.165, 1.54) is 0 Å². The van der Waals surface area contributed by atoms with Crippen LogP contribution in [-0.4, -0.2) is 6.10 Å². The predicted octanol–water partition coefficient (Wildman–Crippen LogP) is 3.57. The lowest BCUT2D eigenvalue weighted by Crippen LogP contribution is -2.05. The van der Waals surface area contributed by atoms with Gasteiger partial charge in [0, 0.05) is 0 Å². The molecule has 0 N–H and O–H groups in total. The molecule has 0 aromatic heterocycles. The van der Waals surface area contributed by atoms with Gasteiger partial charge in [0.05, 0.1) is 10.6 Å². The summed E-state index contributed by atoms with van der Waals surface area (Å²) in [6.07, 6.45) is 3.00. The van der Waals surface area contributed by atoms with Crippen molar-refractivity contribution in [3.63, 3.8) is 0 Å². The van der Waals surface area contributed by atoms with Gasteiger partial charge >= 0.3 is 0 Å². The maximum atomic E-state index is 5.55. The van der Waals surface area contributed by atoms with Crippen molar-refractivity contribution in [1.82, 2.24) is 0 Å². The summed E-state index contributed by atoms with van der Waals surface area (Å²) in [5.41, 5.74) is 0.961. The van der Waals surface area contributed by atoms with Crippen LogP contribution in [0.5, 0.6) is 5.75 Å². The molecule has 0 saturated heterocycles. The normalized spacial score (nSPS) is 10.2. The first-order valence-corrected chi connectivity index (χ1v) is 4.92. The molecule has 0 unspecified atom stereocenters. The lowest BCUT2D eigenvalue weighted by molar-refractivity contribution is 0.241. The lowest BCUT2D eigenvalue weighted by atomic mass is 10.2. The Morgan fingerprint density at radius 2 is 2.15 bits per heavy atom. The highest BCUT2D eigenvalue weighted by atomic mass is 79.9. The molecule has 0 aliphatic heterocycles. The highest BCUT2D eigenvalue weighted by Gasteiger charge is 2.02. The minimum atomic E-state index is 0.190. The molecular formula is C11H12BrO. The summed E-state index contributed by atoms with van der Waals surface area (Å²) in [6, 6.07) is 5.78. The number of rotatable bonds is 3. The summed E-state index contributed by atoms with van der Waals surface area (Å²) in [5.74, 6) is 0.856. The van der Waals surface area contributed by atoms with Crippen molar-refractivity contribution in [2.45, 2.75) is 20.0 Å². The standard InChI is InChI=1S/C11H12BrO/c1-4-9-5-6-11(10(12)7-9)13-8(2)3/h5-8H,1H2,2-3H3. The molecule has 13 heavy (non-hydrogen) atoms. The second-order valence-corrected chi connectivity index (χ2v) is 3.84. The van der Waals surface area contributed by atoms with Gasteiger partial charge in [-0.15, -0.1) is 0 Å². The molecule has 2 heteroatoms. The van der Waals surface area contributed by atoms with E-state index in [1.54, 1.807) is 0 Å². The first kappa shape index (κ1) is 10.3. The number of halogens is 1. The van der Waals surface area contributed by atoms with Gasteiger partial charge in [0.25, 0.3) is 0 Å². The van der Waals surface area contributed by atoms with Gasteiger partial charge in [-0.3, -0.25) is 0 Å². The SMILES string of the molecule is C=[C]c1ccc(OC(C)C)c(Br)c1. The van der Waals surface area contributed by atoms with Crippen molar-refractivity contribution in [2.75, 3.05) is 0 Å². The molecule has 1 rings (SSSR count). The van der Waals surface area contributed by atoms with E-state index in [0.717, 1.165) is 15.8 Å². The first-order valence-electron chi connectivity index (χ1n) is 4.13. The van der Waals surface area contributed by atoms with Gasteiger partial charge in [0.2, 0.25) is 0 Å². The van der Waals surface area contributed by atoms with E-state index < -0.39 is 0 Å². The summed E-state index contributed by atoms with van der Waals surface area (Å²) < 4.78 is 6.49. The van der Waals surface area contributed by atoms with Crippen LogP contribution >= 0.6 is 15.9 Å². The quantitative estimate of drug-likeness (QED) is 0.784. The highest BCUT2D eigenvalue weighted by Crippen LogP contribution is 2.26. The summed E-state index contributed by atoms with van der Waals surface area (Å²) >= 11 is 3.42. The summed E-state index contributed by atoms with van der Waals surface area (Å²) in [5, 5.41) is 0. The monoisotopic (exact) mass is 239 g/mol. The zero-order valence-electron chi connectivity index (χ0n) is 7.80. The Balaban J connectivity index is 2.91. The second kappa shape index (κ2) is 4.47. The van der Waals surface area contributed by atoms with Crippen LogP contribution < -0.4 is 4.74 Å². The average Bonchev–Trinajstić information content (AvgIpc) is 2.08. The fourth-order valence-corrected chi connectivity index (χ4v) is 1.43. The molecule has 0 bridgehead atoms. The van der Waals surface area contributed by atoms with Crippen molar-refractivity contribution in [1.29, 1.82) is 0 Å². The maximum Gasteiger partial charge on any atom is 0.133 e. The average molecular weight is 240 g/mol. The van der Waals surface area contributed by atoms with Crippen LogP contribution in [0.2, 0.25) is 0 Å². The Morgan fingerprint density at radius 3 is 2.62 bits per heavy atom. The molecular weight excluding hydrogens is 228 g/mol. The summed E-state index contributed by atoms with van der Waals surface area (Å²) in [6.45, 7) is 7.58. The molecule has 0 spiro atoms. The van der Waals surface area contributed by atoms with E-state index in [0.29, 0.717) is 0 Å². The lowest BCUT2D eigenvalue weighted by Gasteiger charge is -2.11. The van der Waals surface area contributed by atoms with Crippen LogP contribution in [0.4, 0.5) is 0 Å². The van der Waals surface area contributed by atoms with Gasteiger partial charge in [0.1, 0.15) is 5.75 Å². The van der Waals surface area contributed by atoms with Crippen LogP contribution in [-0.2, 0) is 0 Å². The van der Waals surface area contributed by atoms with Gasteiger partial charge in [-0.1, -0.05) is 12.6 Å². The fourth-order valence-electron chi connectivity index (χ4n) is 0.960. The minimum Gasteiger partial charge on any atom is -0.490 e. The van der Waals surface area contributed by atoms with Gasteiger partial charge < -0.3 is 4.74 Å². The van der Waals surface area contributed by atoms with Crippen molar-refractivity contribution in [2.24, 2.45) is 0 Å². The number of hydrogen-bond acceptors (Lipinski definition) is 1. The van der Waals surface area contributed by atoms with E-state index >= 15 is 0 Å². The number of hydrogen-bond donors (Lipinski definition) is 0. The van der Waals surface area contributed by atoms with Gasteiger partial charge in [-0.05, 0) is 53.5 Å².